The summed E-state index contributed by atoms with van der Waals surface area (Å²) in [5, 5.41) is 18.1. The molecule has 0 N–H and O–H groups in total. The van der Waals surface area contributed by atoms with Crippen molar-refractivity contribution >= 4 is 5.91 Å². The zero-order valence-electron chi connectivity index (χ0n) is 19.3. The van der Waals surface area contributed by atoms with E-state index in [4.69, 9.17) is 20.0 Å². The monoisotopic (exact) mass is 471 g/mol. The van der Waals surface area contributed by atoms with Crippen molar-refractivity contribution < 1.29 is 14.3 Å². The van der Waals surface area contributed by atoms with E-state index in [0.717, 1.165) is 12.0 Å². The van der Waals surface area contributed by atoms with E-state index < -0.39 is 0 Å². The quantitative estimate of drug-likeness (QED) is 0.345. The molecule has 0 fully saturated rings. The Balaban J connectivity index is 1.45. The number of ether oxygens (including phenoxy) is 2. The van der Waals surface area contributed by atoms with Crippen LogP contribution in [0.25, 0.3) is 0 Å². The molecule has 0 unspecified atom stereocenters. The van der Waals surface area contributed by atoms with E-state index in [2.05, 4.69) is 24.3 Å². The Morgan fingerprint density at radius 1 is 0.694 bits per heavy atom. The molecule has 0 saturated heterocycles. The van der Waals surface area contributed by atoms with Crippen molar-refractivity contribution in [1.82, 2.24) is 4.90 Å². The SMILES string of the molecule is N#Cc1ccc(Oc2cc(Oc3ccc(C#N)cc3)cc(C(=O)N3CCc4ccccc4C3)c2)cc1. The molecule has 0 aliphatic carbocycles. The van der Waals surface area contributed by atoms with Crippen LogP contribution in [0, 0.1) is 22.7 Å². The van der Waals surface area contributed by atoms with Crippen LogP contribution in [-0.4, -0.2) is 17.4 Å². The van der Waals surface area contributed by atoms with Crippen molar-refractivity contribution in [2.45, 2.75) is 13.0 Å². The van der Waals surface area contributed by atoms with Crippen LogP contribution in [0.3, 0.4) is 0 Å². The summed E-state index contributed by atoms with van der Waals surface area (Å²) in [7, 11) is 0. The molecule has 0 saturated carbocycles. The minimum absolute atomic E-state index is 0.112. The first-order valence-electron chi connectivity index (χ1n) is 11.5. The van der Waals surface area contributed by atoms with Crippen LogP contribution in [0.4, 0.5) is 0 Å². The van der Waals surface area contributed by atoms with Gasteiger partial charge in [0.2, 0.25) is 0 Å². The highest BCUT2D eigenvalue weighted by molar-refractivity contribution is 5.95. The Morgan fingerprint density at radius 3 is 1.75 bits per heavy atom. The van der Waals surface area contributed by atoms with Crippen molar-refractivity contribution in [3.63, 3.8) is 0 Å². The molecule has 4 aromatic rings. The molecule has 6 nitrogen and oxygen atoms in total. The molecule has 6 heteroatoms. The number of nitrogens with zero attached hydrogens (tertiary/aromatic N) is 3. The van der Waals surface area contributed by atoms with Crippen LogP contribution >= 0.6 is 0 Å². The Labute approximate surface area is 209 Å². The zero-order valence-corrected chi connectivity index (χ0v) is 19.3. The van der Waals surface area contributed by atoms with Gasteiger partial charge in [0.25, 0.3) is 5.91 Å². The van der Waals surface area contributed by atoms with Gasteiger partial charge >= 0.3 is 0 Å². The fourth-order valence-corrected chi connectivity index (χ4v) is 4.13. The standard InChI is InChI=1S/C30H21N3O3/c31-18-21-5-9-26(10-6-21)35-28-15-25(16-29(17-28)36-27-11-7-22(19-32)8-12-27)30(34)33-14-13-23-3-1-2-4-24(23)20-33/h1-12,15-17H,13-14,20H2. The number of nitriles is 2. The maximum atomic E-state index is 13.5. The Bertz CT molecular complexity index is 1420. The second kappa shape index (κ2) is 10.0. The molecule has 1 aliphatic heterocycles. The lowest BCUT2D eigenvalue weighted by Crippen LogP contribution is -2.35. The van der Waals surface area contributed by atoms with Gasteiger partial charge in [0.1, 0.15) is 23.0 Å². The second-order valence-electron chi connectivity index (χ2n) is 8.41. The molecule has 1 amide bonds. The summed E-state index contributed by atoms with van der Waals surface area (Å²) in [6, 6.07) is 30.9. The number of hydrogen-bond donors (Lipinski definition) is 0. The third kappa shape index (κ3) is 5.04. The fraction of sp³-hybridized carbons (Fsp3) is 0.100. The lowest BCUT2D eigenvalue weighted by atomic mass is 9.99. The van der Waals surface area contributed by atoms with E-state index in [1.54, 1.807) is 66.7 Å². The van der Waals surface area contributed by atoms with Crippen molar-refractivity contribution in [2.24, 2.45) is 0 Å². The number of carbonyl (C=O) groups is 1. The van der Waals surface area contributed by atoms with Gasteiger partial charge in [0.15, 0.2) is 0 Å². The summed E-state index contributed by atoms with van der Waals surface area (Å²) in [6.45, 7) is 1.17. The van der Waals surface area contributed by atoms with Crippen LogP contribution in [0.2, 0.25) is 0 Å². The van der Waals surface area contributed by atoms with Gasteiger partial charge in [-0.15, -0.1) is 0 Å². The lowest BCUT2D eigenvalue weighted by molar-refractivity contribution is 0.0734. The number of benzene rings is 4. The van der Waals surface area contributed by atoms with Crippen LogP contribution in [0.1, 0.15) is 32.6 Å². The molecule has 5 rings (SSSR count). The van der Waals surface area contributed by atoms with Crippen molar-refractivity contribution in [3.8, 4) is 35.1 Å². The number of rotatable bonds is 5. The summed E-state index contributed by atoms with van der Waals surface area (Å²) in [5.41, 5.74) is 3.92. The van der Waals surface area contributed by atoms with E-state index in [-0.39, 0.29) is 5.91 Å². The maximum absolute atomic E-state index is 13.5. The molecule has 0 bridgehead atoms. The molecule has 174 valence electrons. The van der Waals surface area contributed by atoms with Crippen LogP contribution in [0.15, 0.2) is 91.0 Å². The van der Waals surface area contributed by atoms with Gasteiger partial charge in [-0.3, -0.25) is 4.79 Å². The summed E-state index contributed by atoms with van der Waals surface area (Å²) in [6.07, 6.45) is 0.804. The molecule has 1 aliphatic rings. The van der Waals surface area contributed by atoms with Gasteiger partial charge in [-0.1, -0.05) is 24.3 Å². The third-order valence-electron chi connectivity index (χ3n) is 5.98. The number of hydrogen-bond acceptors (Lipinski definition) is 5. The first-order chi connectivity index (χ1) is 17.6. The van der Waals surface area contributed by atoms with Gasteiger partial charge in [0.05, 0.1) is 23.3 Å². The summed E-state index contributed by atoms with van der Waals surface area (Å²) < 4.78 is 12.0. The molecule has 0 spiro atoms. The van der Waals surface area contributed by atoms with E-state index >= 15 is 0 Å². The predicted molar refractivity (Wildman–Crippen MR) is 134 cm³/mol. The third-order valence-corrected chi connectivity index (χ3v) is 5.98. The average Bonchev–Trinajstić information content (AvgIpc) is 2.93. The van der Waals surface area contributed by atoms with E-state index in [9.17, 15) is 4.79 Å². The number of amides is 1. The Kier molecular flexibility index (Phi) is 6.34. The largest absolute Gasteiger partial charge is 0.457 e. The van der Waals surface area contributed by atoms with Gasteiger partial charge in [-0.05, 0) is 78.2 Å². The van der Waals surface area contributed by atoms with Gasteiger partial charge in [-0.25, -0.2) is 0 Å². The van der Waals surface area contributed by atoms with E-state index in [0.29, 0.717) is 52.8 Å². The topological polar surface area (TPSA) is 86.3 Å². The highest BCUT2D eigenvalue weighted by Gasteiger charge is 2.23. The van der Waals surface area contributed by atoms with Crippen LogP contribution in [-0.2, 0) is 13.0 Å². The molecule has 36 heavy (non-hydrogen) atoms. The van der Waals surface area contributed by atoms with Crippen molar-refractivity contribution in [2.75, 3.05) is 6.54 Å². The smallest absolute Gasteiger partial charge is 0.254 e. The average molecular weight is 472 g/mol. The van der Waals surface area contributed by atoms with Gasteiger partial charge in [-0.2, -0.15) is 10.5 Å². The van der Waals surface area contributed by atoms with Crippen LogP contribution < -0.4 is 9.47 Å². The van der Waals surface area contributed by atoms with Crippen molar-refractivity contribution in [3.05, 3.63) is 119 Å². The molecule has 4 aromatic carbocycles. The minimum atomic E-state index is -0.112. The number of fused-ring (bicyclic) bond motifs is 1. The highest BCUT2D eigenvalue weighted by atomic mass is 16.5. The molecule has 1 heterocycles. The lowest BCUT2D eigenvalue weighted by Gasteiger charge is -2.29. The summed E-state index contributed by atoms with van der Waals surface area (Å²) >= 11 is 0. The summed E-state index contributed by atoms with van der Waals surface area (Å²) in [4.78, 5) is 15.4. The normalized spacial score (nSPS) is 12.1. The van der Waals surface area contributed by atoms with Gasteiger partial charge < -0.3 is 14.4 Å². The van der Waals surface area contributed by atoms with E-state index in [1.165, 1.54) is 5.56 Å². The second-order valence-corrected chi connectivity index (χ2v) is 8.41. The van der Waals surface area contributed by atoms with Crippen LogP contribution in [0.5, 0.6) is 23.0 Å². The molecule has 0 atom stereocenters. The zero-order chi connectivity index (χ0) is 24.9. The number of carbonyl (C=O) groups excluding carboxylic acids is 1. The first kappa shape index (κ1) is 22.7. The highest BCUT2D eigenvalue weighted by Crippen LogP contribution is 2.32. The maximum Gasteiger partial charge on any atom is 0.254 e. The summed E-state index contributed by atoms with van der Waals surface area (Å²) in [5.74, 6) is 1.84. The Morgan fingerprint density at radius 2 is 1.22 bits per heavy atom. The van der Waals surface area contributed by atoms with Gasteiger partial charge in [0, 0.05) is 24.7 Å². The predicted octanol–water partition coefficient (Wildman–Crippen LogP) is 6.21. The molecular formula is C30H21N3O3. The van der Waals surface area contributed by atoms with E-state index in [1.807, 2.05) is 17.0 Å². The van der Waals surface area contributed by atoms with Crippen molar-refractivity contribution in [1.29, 1.82) is 10.5 Å². The molecule has 0 aromatic heterocycles. The molecule has 0 radical (unpaired) electrons. The molecular weight excluding hydrogens is 450 g/mol. The minimum Gasteiger partial charge on any atom is -0.457 e. The first-order valence-corrected chi connectivity index (χ1v) is 11.5. The Hall–Kier alpha value is -5.07. The fourth-order valence-electron chi connectivity index (χ4n) is 4.13.